The lowest BCUT2D eigenvalue weighted by atomic mass is 10.0. The second-order valence-electron chi connectivity index (χ2n) is 2.36. The summed E-state index contributed by atoms with van der Waals surface area (Å²) in [6, 6.07) is -0.251. The highest BCUT2D eigenvalue weighted by Gasteiger charge is 2.17. The predicted octanol–water partition coefficient (Wildman–Crippen LogP) is 0.171. The summed E-state index contributed by atoms with van der Waals surface area (Å²) in [5.41, 5.74) is 0. The number of ketones is 1. The van der Waals surface area contributed by atoms with Crippen LogP contribution in [-0.4, -0.2) is 29.8 Å². The monoisotopic (exact) mass is 141 g/mol. The summed E-state index contributed by atoms with van der Waals surface area (Å²) in [6.07, 6.45) is 3.60. The van der Waals surface area contributed by atoms with Crippen LogP contribution in [-0.2, 0) is 4.79 Å². The smallest absolute Gasteiger partial charge is 0.157 e. The van der Waals surface area contributed by atoms with Crippen LogP contribution in [0.25, 0.3) is 0 Å². The van der Waals surface area contributed by atoms with Gasteiger partial charge in [0.05, 0.1) is 0 Å². The topological polar surface area (TPSA) is 49.7 Å². The minimum Gasteiger partial charge on any atom is -0.396 e. The number of carbonyl (C=O) groups is 1. The van der Waals surface area contributed by atoms with Crippen LogP contribution in [0.4, 0.5) is 0 Å². The molecule has 1 atom stereocenters. The molecular weight excluding hydrogens is 130 g/mol. The van der Waals surface area contributed by atoms with Crippen molar-refractivity contribution < 1.29 is 9.90 Å². The molecule has 0 bridgehead atoms. The van der Waals surface area contributed by atoms with Crippen molar-refractivity contribution in [1.29, 1.82) is 0 Å². The van der Waals surface area contributed by atoms with Gasteiger partial charge in [-0.25, -0.2) is 0 Å². The van der Waals surface area contributed by atoms with Crippen molar-refractivity contribution in [2.75, 3.05) is 6.61 Å². The van der Waals surface area contributed by atoms with E-state index in [0.29, 0.717) is 12.8 Å². The van der Waals surface area contributed by atoms with E-state index in [1.165, 1.54) is 0 Å². The molecule has 0 fully saturated rings. The lowest BCUT2D eigenvalue weighted by Gasteiger charge is -2.12. The molecule has 0 spiro atoms. The van der Waals surface area contributed by atoms with E-state index in [-0.39, 0.29) is 18.4 Å². The minimum absolute atomic E-state index is 0.0494. The van der Waals surface area contributed by atoms with Gasteiger partial charge in [0.15, 0.2) is 5.78 Å². The molecule has 1 aliphatic rings. The van der Waals surface area contributed by atoms with E-state index in [9.17, 15) is 4.79 Å². The Kier molecular flexibility index (Phi) is 2.57. The number of hydrogen-bond acceptors (Lipinski definition) is 3. The van der Waals surface area contributed by atoms with Gasteiger partial charge in [-0.05, 0) is 12.8 Å². The maximum Gasteiger partial charge on any atom is 0.157 e. The molecule has 1 N–H and O–H groups in total. The van der Waals surface area contributed by atoms with E-state index in [1.54, 1.807) is 6.21 Å². The van der Waals surface area contributed by atoms with Gasteiger partial charge in [0.1, 0.15) is 6.04 Å². The SMILES string of the molecule is O=C1CCC=NC1CCO. The summed E-state index contributed by atoms with van der Waals surface area (Å²) >= 11 is 0. The third kappa shape index (κ3) is 1.64. The fourth-order valence-electron chi connectivity index (χ4n) is 1.02. The molecule has 3 heteroatoms. The van der Waals surface area contributed by atoms with Gasteiger partial charge in [-0.15, -0.1) is 0 Å². The van der Waals surface area contributed by atoms with Gasteiger partial charge in [0, 0.05) is 19.2 Å². The summed E-state index contributed by atoms with van der Waals surface area (Å²) in [5.74, 6) is 0.163. The van der Waals surface area contributed by atoms with Crippen LogP contribution in [0.1, 0.15) is 19.3 Å². The average Bonchev–Trinajstić information content (AvgIpc) is 1.94. The highest BCUT2D eigenvalue weighted by Crippen LogP contribution is 2.08. The van der Waals surface area contributed by atoms with E-state index >= 15 is 0 Å². The fraction of sp³-hybridized carbons (Fsp3) is 0.714. The number of nitrogens with zero attached hydrogens (tertiary/aromatic N) is 1. The summed E-state index contributed by atoms with van der Waals surface area (Å²) in [7, 11) is 0. The molecule has 1 aliphatic heterocycles. The predicted molar refractivity (Wildman–Crippen MR) is 38.2 cm³/mol. The van der Waals surface area contributed by atoms with Crippen LogP contribution in [0.2, 0.25) is 0 Å². The van der Waals surface area contributed by atoms with Crippen molar-refractivity contribution in [2.24, 2.45) is 4.99 Å². The second-order valence-corrected chi connectivity index (χ2v) is 2.36. The number of aliphatic hydroxyl groups excluding tert-OH is 1. The maximum absolute atomic E-state index is 11.0. The number of aliphatic hydroxyl groups is 1. The first-order valence-corrected chi connectivity index (χ1v) is 3.50. The molecule has 3 nitrogen and oxygen atoms in total. The molecule has 0 aromatic rings. The molecule has 0 saturated heterocycles. The van der Waals surface area contributed by atoms with E-state index in [2.05, 4.69) is 4.99 Å². The molecule has 0 aromatic carbocycles. The highest BCUT2D eigenvalue weighted by molar-refractivity contribution is 5.89. The number of aliphatic imine (C=N–C) groups is 1. The maximum atomic E-state index is 11.0. The normalized spacial score (nSPS) is 25.3. The van der Waals surface area contributed by atoms with Crippen molar-refractivity contribution in [3.63, 3.8) is 0 Å². The third-order valence-electron chi connectivity index (χ3n) is 1.58. The van der Waals surface area contributed by atoms with Gasteiger partial charge in [0.25, 0.3) is 0 Å². The Morgan fingerprint density at radius 1 is 1.80 bits per heavy atom. The average molecular weight is 141 g/mol. The zero-order valence-corrected chi connectivity index (χ0v) is 5.79. The Morgan fingerprint density at radius 3 is 3.20 bits per heavy atom. The molecule has 1 heterocycles. The van der Waals surface area contributed by atoms with Crippen LogP contribution in [0.3, 0.4) is 0 Å². The molecule has 1 rings (SSSR count). The standard InChI is InChI=1S/C7H11NO2/c9-5-3-6-7(10)2-1-4-8-6/h4,6,9H,1-3,5H2. The van der Waals surface area contributed by atoms with Crippen molar-refractivity contribution in [1.82, 2.24) is 0 Å². The van der Waals surface area contributed by atoms with Crippen LogP contribution in [0.5, 0.6) is 0 Å². The molecule has 0 aromatic heterocycles. The van der Waals surface area contributed by atoms with Gasteiger partial charge in [-0.1, -0.05) is 0 Å². The van der Waals surface area contributed by atoms with Gasteiger partial charge in [-0.2, -0.15) is 0 Å². The van der Waals surface area contributed by atoms with E-state index in [0.717, 1.165) is 6.42 Å². The molecule has 0 amide bonds. The molecular formula is C7H11NO2. The van der Waals surface area contributed by atoms with Gasteiger partial charge in [0.2, 0.25) is 0 Å². The lowest BCUT2D eigenvalue weighted by molar-refractivity contribution is -0.120. The Morgan fingerprint density at radius 2 is 2.60 bits per heavy atom. The first-order valence-electron chi connectivity index (χ1n) is 3.50. The van der Waals surface area contributed by atoms with Crippen LogP contribution < -0.4 is 0 Å². The van der Waals surface area contributed by atoms with Gasteiger partial charge >= 0.3 is 0 Å². The minimum atomic E-state index is -0.251. The largest absolute Gasteiger partial charge is 0.396 e. The Balaban J connectivity index is 2.47. The van der Waals surface area contributed by atoms with E-state index < -0.39 is 0 Å². The second kappa shape index (κ2) is 3.46. The van der Waals surface area contributed by atoms with Gasteiger partial charge < -0.3 is 5.11 Å². The summed E-state index contributed by atoms with van der Waals surface area (Å²) in [4.78, 5) is 14.9. The molecule has 10 heavy (non-hydrogen) atoms. The van der Waals surface area contributed by atoms with E-state index in [1.807, 2.05) is 0 Å². The first kappa shape index (κ1) is 7.41. The van der Waals surface area contributed by atoms with Crippen LogP contribution in [0.15, 0.2) is 4.99 Å². The number of hydrogen-bond donors (Lipinski definition) is 1. The summed E-state index contributed by atoms with van der Waals surface area (Å²) in [5, 5.41) is 8.51. The Labute approximate surface area is 59.8 Å². The van der Waals surface area contributed by atoms with Crippen molar-refractivity contribution in [3.8, 4) is 0 Å². The fourth-order valence-corrected chi connectivity index (χ4v) is 1.02. The Hall–Kier alpha value is -0.700. The van der Waals surface area contributed by atoms with Crippen LogP contribution >= 0.6 is 0 Å². The summed E-state index contributed by atoms with van der Waals surface area (Å²) < 4.78 is 0. The molecule has 0 radical (unpaired) electrons. The van der Waals surface area contributed by atoms with Gasteiger partial charge in [-0.3, -0.25) is 9.79 Å². The lowest BCUT2D eigenvalue weighted by Crippen LogP contribution is -2.23. The van der Waals surface area contributed by atoms with Crippen LogP contribution in [0, 0.1) is 0 Å². The quantitative estimate of drug-likeness (QED) is 0.596. The molecule has 0 saturated carbocycles. The Bertz CT molecular complexity index is 154. The molecule has 0 aliphatic carbocycles. The zero-order valence-electron chi connectivity index (χ0n) is 5.79. The summed E-state index contributed by atoms with van der Waals surface area (Å²) in [6.45, 7) is 0.0494. The molecule has 1 unspecified atom stereocenters. The van der Waals surface area contributed by atoms with Crippen molar-refractivity contribution >= 4 is 12.0 Å². The van der Waals surface area contributed by atoms with Crippen molar-refractivity contribution in [3.05, 3.63) is 0 Å². The van der Waals surface area contributed by atoms with Crippen molar-refractivity contribution in [2.45, 2.75) is 25.3 Å². The van der Waals surface area contributed by atoms with E-state index in [4.69, 9.17) is 5.11 Å². The third-order valence-corrected chi connectivity index (χ3v) is 1.58. The molecule has 56 valence electrons. The number of carbonyl (C=O) groups excluding carboxylic acids is 1. The zero-order chi connectivity index (χ0) is 7.40. The highest BCUT2D eigenvalue weighted by atomic mass is 16.3. The number of rotatable bonds is 2. The first-order chi connectivity index (χ1) is 4.84. The number of Topliss-reactive ketones (excluding diaryl/α,β-unsaturated/α-hetero) is 1.